The van der Waals surface area contributed by atoms with Crippen molar-refractivity contribution < 1.29 is 22.5 Å². The number of carbonyl (C=O) groups excluding carboxylic acids is 1. The summed E-state index contributed by atoms with van der Waals surface area (Å²) in [6.07, 6.45) is 0. The van der Waals surface area contributed by atoms with E-state index in [1.54, 1.807) is 13.0 Å². The molecule has 0 aliphatic rings. The average molecular weight is 443 g/mol. The number of carbonyl (C=O) groups is 1. The van der Waals surface area contributed by atoms with Crippen molar-refractivity contribution in [1.29, 1.82) is 0 Å². The summed E-state index contributed by atoms with van der Waals surface area (Å²) < 4.78 is 40.7. The molecule has 0 unspecified atom stereocenters. The van der Waals surface area contributed by atoms with Crippen LogP contribution in [0.25, 0.3) is 0 Å². The van der Waals surface area contributed by atoms with E-state index in [1.165, 1.54) is 49.4 Å². The highest BCUT2D eigenvalue weighted by atomic mass is 32.2. The second kappa shape index (κ2) is 8.52. The van der Waals surface area contributed by atoms with Crippen LogP contribution in [-0.4, -0.2) is 19.2 Å². The smallest absolute Gasteiger partial charge is 0.274 e. The number of nitrogens with one attached hydrogen (secondary N) is 2. The predicted octanol–water partition coefficient (Wildman–Crippen LogP) is 4.40. The molecule has 0 fully saturated rings. The normalized spacial score (nSPS) is 11.1. The maximum Gasteiger partial charge on any atom is 0.274 e. The fraction of sp³-hybridized carbons (Fsp3) is 0.0952. The first-order valence-corrected chi connectivity index (χ1v) is 10.5. The van der Waals surface area contributed by atoms with Crippen LogP contribution in [0.4, 0.5) is 21.5 Å². The summed E-state index contributed by atoms with van der Waals surface area (Å²) in [4.78, 5) is 22.8. The van der Waals surface area contributed by atoms with E-state index in [1.807, 2.05) is 0 Å². The number of benzene rings is 3. The zero-order chi connectivity index (χ0) is 22.8. The summed E-state index contributed by atoms with van der Waals surface area (Å²) >= 11 is 0. The number of anilines is 2. The van der Waals surface area contributed by atoms with E-state index >= 15 is 0 Å². The molecule has 8 nitrogen and oxygen atoms in total. The van der Waals surface area contributed by atoms with Crippen molar-refractivity contribution in [1.82, 2.24) is 0 Å². The van der Waals surface area contributed by atoms with Gasteiger partial charge in [-0.15, -0.1) is 0 Å². The van der Waals surface area contributed by atoms with E-state index in [9.17, 15) is 27.7 Å². The van der Waals surface area contributed by atoms with E-state index in [2.05, 4.69) is 10.0 Å². The van der Waals surface area contributed by atoms with Gasteiger partial charge in [0.1, 0.15) is 5.82 Å². The van der Waals surface area contributed by atoms with Crippen LogP contribution in [0.15, 0.2) is 65.6 Å². The van der Waals surface area contributed by atoms with Crippen LogP contribution in [0.5, 0.6) is 0 Å². The van der Waals surface area contributed by atoms with Gasteiger partial charge in [0.05, 0.1) is 9.82 Å². The molecule has 1 amide bonds. The molecule has 2 N–H and O–H groups in total. The molecule has 0 saturated heterocycles. The topological polar surface area (TPSA) is 118 Å². The number of rotatable bonds is 6. The Labute approximate surface area is 177 Å². The molecule has 0 heterocycles. The third-order valence-electron chi connectivity index (χ3n) is 4.50. The lowest BCUT2D eigenvalue weighted by molar-refractivity contribution is -0.385. The molecule has 160 valence electrons. The quantitative estimate of drug-likeness (QED) is 0.432. The van der Waals surface area contributed by atoms with Gasteiger partial charge in [-0.05, 0) is 67.9 Å². The maximum atomic E-state index is 13.4. The van der Waals surface area contributed by atoms with Crippen molar-refractivity contribution in [2.24, 2.45) is 0 Å². The Kier molecular flexibility index (Phi) is 6.02. The van der Waals surface area contributed by atoms with E-state index in [0.717, 1.165) is 12.1 Å². The van der Waals surface area contributed by atoms with E-state index in [4.69, 9.17) is 0 Å². The predicted molar refractivity (Wildman–Crippen MR) is 114 cm³/mol. The third kappa shape index (κ3) is 5.04. The molecule has 3 rings (SSSR count). The highest BCUT2D eigenvalue weighted by Gasteiger charge is 2.17. The van der Waals surface area contributed by atoms with Gasteiger partial charge < -0.3 is 5.32 Å². The van der Waals surface area contributed by atoms with Gasteiger partial charge in [0, 0.05) is 28.6 Å². The minimum atomic E-state index is -3.93. The van der Waals surface area contributed by atoms with Gasteiger partial charge in [0.15, 0.2) is 0 Å². The average Bonchev–Trinajstić information content (AvgIpc) is 2.71. The highest BCUT2D eigenvalue weighted by molar-refractivity contribution is 7.92. The molecule has 3 aromatic rings. The number of halogens is 1. The first kappa shape index (κ1) is 21.9. The first-order valence-electron chi connectivity index (χ1n) is 9.02. The van der Waals surface area contributed by atoms with Crippen molar-refractivity contribution in [3.63, 3.8) is 0 Å². The molecule has 0 saturated carbocycles. The van der Waals surface area contributed by atoms with Crippen LogP contribution in [0.3, 0.4) is 0 Å². The lowest BCUT2D eigenvalue weighted by Crippen LogP contribution is -2.14. The first-order chi connectivity index (χ1) is 14.6. The van der Waals surface area contributed by atoms with Gasteiger partial charge in [-0.2, -0.15) is 0 Å². The number of hydrogen-bond donors (Lipinski definition) is 2. The molecule has 0 atom stereocenters. The zero-order valence-corrected chi connectivity index (χ0v) is 17.4. The standard InChI is InChI=1S/C21H18FN3O5S/c1-13-3-6-17(12-20(13)25(27)28)23-21(26)15-4-7-16(8-5-15)24-31(29,30)18-9-10-19(22)14(2)11-18/h3-12,24H,1-2H3,(H,23,26). The molecule has 0 aliphatic heterocycles. The van der Waals surface area contributed by atoms with E-state index in [0.29, 0.717) is 5.56 Å². The summed E-state index contributed by atoms with van der Waals surface area (Å²) in [5, 5.41) is 13.6. The van der Waals surface area contributed by atoms with Gasteiger partial charge in [-0.25, -0.2) is 12.8 Å². The van der Waals surface area contributed by atoms with Crippen LogP contribution in [-0.2, 0) is 10.0 Å². The molecule has 0 aromatic heterocycles. The van der Waals surface area contributed by atoms with Crippen LogP contribution in [0, 0.1) is 29.8 Å². The molecule has 0 spiro atoms. The summed E-state index contributed by atoms with van der Waals surface area (Å²) in [6, 6.07) is 13.4. The lowest BCUT2D eigenvalue weighted by Gasteiger charge is -2.10. The van der Waals surface area contributed by atoms with Crippen molar-refractivity contribution >= 4 is 33.0 Å². The maximum absolute atomic E-state index is 13.4. The highest BCUT2D eigenvalue weighted by Crippen LogP contribution is 2.23. The third-order valence-corrected chi connectivity index (χ3v) is 5.88. The Hall–Kier alpha value is -3.79. The largest absolute Gasteiger partial charge is 0.322 e. The fourth-order valence-electron chi connectivity index (χ4n) is 2.78. The molecule has 0 aliphatic carbocycles. The molecular weight excluding hydrogens is 425 g/mol. The van der Waals surface area contributed by atoms with Gasteiger partial charge in [0.25, 0.3) is 21.6 Å². The second-order valence-electron chi connectivity index (χ2n) is 6.81. The summed E-state index contributed by atoms with van der Waals surface area (Å²) in [5.74, 6) is -1.02. The molecular formula is C21H18FN3O5S. The lowest BCUT2D eigenvalue weighted by atomic mass is 10.1. The number of aryl methyl sites for hydroxylation is 2. The Morgan fingerprint density at radius 1 is 0.935 bits per heavy atom. The van der Waals surface area contributed by atoms with E-state index in [-0.39, 0.29) is 33.1 Å². The number of hydrogen-bond acceptors (Lipinski definition) is 5. The number of nitrogens with zero attached hydrogens (tertiary/aromatic N) is 1. The molecule has 0 bridgehead atoms. The van der Waals surface area contributed by atoms with Gasteiger partial charge >= 0.3 is 0 Å². The number of sulfonamides is 1. The SMILES string of the molecule is Cc1cc(S(=O)(=O)Nc2ccc(C(=O)Nc3ccc(C)c([N+](=O)[O-])c3)cc2)ccc1F. The Morgan fingerprint density at radius 3 is 2.19 bits per heavy atom. The molecule has 31 heavy (non-hydrogen) atoms. The van der Waals surface area contributed by atoms with Crippen molar-refractivity contribution in [2.75, 3.05) is 10.0 Å². The van der Waals surface area contributed by atoms with Crippen molar-refractivity contribution in [2.45, 2.75) is 18.7 Å². The van der Waals surface area contributed by atoms with Crippen LogP contribution >= 0.6 is 0 Å². The Morgan fingerprint density at radius 2 is 1.58 bits per heavy atom. The van der Waals surface area contributed by atoms with Gasteiger partial charge in [-0.3, -0.25) is 19.6 Å². The Balaban J connectivity index is 1.74. The van der Waals surface area contributed by atoms with Crippen molar-refractivity contribution in [3.8, 4) is 0 Å². The van der Waals surface area contributed by atoms with Crippen molar-refractivity contribution in [3.05, 3.63) is 93.3 Å². The van der Waals surface area contributed by atoms with Crippen LogP contribution < -0.4 is 10.0 Å². The molecule has 0 radical (unpaired) electrons. The molecule has 3 aromatic carbocycles. The van der Waals surface area contributed by atoms with Gasteiger partial charge in [0.2, 0.25) is 0 Å². The molecule has 10 heteroatoms. The minimum absolute atomic E-state index is 0.0887. The summed E-state index contributed by atoms with van der Waals surface area (Å²) in [6.45, 7) is 3.06. The number of nitro groups is 1. The summed E-state index contributed by atoms with van der Waals surface area (Å²) in [5.41, 5.74) is 1.26. The van der Waals surface area contributed by atoms with Gasteiger partial charge in [-0.1, -0.05) is 6.07 Å². The summed E-state index contributed by atoms with van der Waals surface area (Å²) in [7, 11) is -3.93. The Bertz CT molecular complexity index is 1270. The van der Waals surface area contributed by atoms with Crippen LogP contribution in [0.1, 0.15) is 21.5 Å². The fourth-order valence-corrected chi connectivity index (χ4v) is 3.92. The number of nitro benzene ring substituents is 1. The second-order valence-corrected chi connectivity index (χ2v) is 8.49. The minimum Gasteiger partial charge on any atom is -0.322 e. The number of amides is 1. The van der Waals surface area contributed by atoms with E-state index < -0.39 is 26.7 Å². The van der Waals surface area contributed by atoms with Crippen LogP contribution in [0.2, 0.25) is 0 Å². The monoisotopic (exact) mass is 443 g/mol. The zero-order valence-electron chi connectivity index (χ0n) is 16.5.